The number of nitrogens with one attached hydrogen (secondary N) is 1. The molecule has 0 aromatic heterocycles. The zero-order valence-corrected chi connectivity index (χ0v) is 11.6. The van der Waals surface area contributed by atoms with Crippen molar-refractivity contribution >= 4 is 5.91 Å². The highest BCUT2D eigenvalue weighted by atomic mass is 16.5. The summed E-state index contributed by atoms with van der Waals surface area (Å²) in [6.07, 6.45) is 0.788. The van der Waals surface area contributed by atoms with E-state index in [9.17, 15) is 4.79 Å². The molecule has 0 aliphatic carbocycles. The Bertz CT molecular complexity index is 633. The number of hydrogen-bond donors (Lipinski definition) is 1. The Morgan fingerprint density at radius 1 is 1.14 bits per heavy atom. The van der Waals surface area contributed by atoms with Crippen LogP contribution < -0.4 is 10.1 Å². The molecule has 0 aliphatic rings. The van der Waals surface area contributed by atoms with Gasteiger partial charge in [-0.25, -0.2) is 0 Å². The molecule has 21 heavy (non-hydrogen) atoms. The first-order chi connectivity index (χ1) is 10.3. The van der Waals surface area contributed by atoms with Gasteiger partial charge in [0.15, 0.2) is 6.61 Å². The third-order valence-corrected chi connectivity index (χ3v) is 2.91. The van der Waals surface area contributed by atoms with Crippen molar-refractivity contribution in [1.82, 2.24) is 5.32 Å². The van der Waals surface area contributed by atoms with Crippen LogP contribution in [0.25, 0.3) is 0 Å². The topological polar surface area (TPSA) is 62.1 Å². The molecule has 0 atom stereocenters. The third kappa shape index (κ3) is 5.00. The molecule has 106 valence electrons. The number of benzene rings is 2. The van der Waals surface area contributed by atoms with Crippen molar-refractivity contribution in [2.45, 2.75) is 6.42 Å². The summed E-state index contributed by atoms with van der Waals surface area (Å²) in [5.41, 5.74) is 1.69. The van der Waals surface area contributed by atoms with Crippen LogP contribution in [0.15, 0.2) is 54.6 Å². The van der Waals surface area contributed by atoms with Crippen molar-refractivity contribution in [2.75, 3.05) is 13.2 Å². The molecular weight excluding hydrogens is 264 g/mol. The lowest BCUT2D eigenvalue weighted by Gasteiger charge is -2.07. The number of nitriles is 1. The van der Waals surface area contributed by atoms with Crippen LogP contribution >= 0.6 is 0 Å². The minimum absolute atomic E-state index is 0.0519. The van der Waals surface area contributed by atoms with Crippen molar-refractivity contribution in [3.05, 3.63) is 65.7 Å². The van der Waals surface area contributed by atoms with Gasteiger partial charge in [-0.3, -0.25) is 4.79 Å². The highest BCUT2D eigenvalue weighted by Crippen LogP contribution is 2.12. The number of hydrogen-bond acceptors (Lipinski definition) is 3. The minimum Gasteiger partial charge on any atom is -0.484 e. The molecule has 0 saturated heterocycles. The van der Waals surface area contributed by atoms with Crippen molar-refractivity contribution in [1.29, 1.82) is 5.26 Å². The first-order valence-electron chi connectivity index (χ1n) is 6.71. The largest absolute Gasteiger partial charge is 0.484 e. The Kier molecular flexibility index (Phi) is 5.36. The van der Waals surface area contributed by atoms with E-state index in [4.69, 9.17) is 10.00 Å². The Hall–Kier alpha value is -2.80. The third-order valence-electron chi connectivity index (χ3n) is 2.91. The van der Waals surface area contributed by atoms with Gasteiger partial charge in [-0.1, -0.05) is 36.4 Å². The van der Waals surface area contributed by atoms with Crippen LogP contribution in [-0.4, -0.2) is 19.1 Å². The lowest BCUT2D eigenvalue weighted by molar-refractivity contribution is -0.123. The van der Waals surface area contributed by atoms with Gasteiger partial charge in [0.25, 0.3) is 5.91 Å². The summed E-state index contributed by atoms with van der Waals surface area (Å²) >= 11 is 0. The van der Waals surface area contributed by atoms with E-state index in [0.29, 0.717) is 17.9 Å². The molecule has 0 heterocycles. The molecule has 0 fully saturated rings. The van der Waals surface area contributed by atoms with Gasteiger partial charge in [0.05, 0.1) is 11.6 Å². The fraction of sp³-hybridized carbons (Fsp3) is 0.176. The van der Waals surface area contributed by atoms with Gasteiger partial charge in [-0.15, -0.1) is 0 Å². The Morgan fingerprint density at radius 2 is 1.95 bits per heavy atom. The number of amides is 1. The van der Waals surface area contributed by atoms with Crippen LogP contribution in [0.1, 0.15) is 11.1 Å². The number of ether oxygens (including phenoxy) is 1. The maximum Gasteiger partial charge on any atom is 0.257 e. The summed E-state index contributed by atoms with van der Waals surface area (Å²) in [5, 5.41) is 11.6. The Balaban J connectivity index is 1.71. The first-order valence-corrected chi connectivity index (χ1v) is 6.71. The van der Waals surface area contributed by atoms with Crippen LogP contribution in [-0.2, 0) is 11.2 Å². The maximum absolute atomic E-state index is 11.7. The van der Waals surface area contributed by atoms with Gasteiger partial charge < -0.3 is 10.1 Å². The molecule has 1 N–H and O–H groups in total. The number of carbonyl (C=O) groups is 1. The molecule has 2 aromatic rings. The quantitative estimate of drug-likeness (QED) is 0.883. The number of rotatable bonds is 6. The molecule has 2 rings (SSSR count). The summed E-state index contributed by atoms with van der Waals surface area (Å²) < 4.78 is 5.35. The number of nitrogens with zero attached hydrogens (tertiary/aromatic N) is 1. The molecule has 0 saturated carbocycles. The summed E-state index contributed by atoms with van der Waals surface area (Å²) in [6.45, 7) is 0.522. The zero-order valence-electron chi connectivity index (χ0n) is 11.6. The van der Waals surface area contributed by atoms with E-state index in [0.717, 1.165) is 6.42 Å². The van der Waals surface area contributed by atoms with E-state index < -0.39 is 0 Å². The first kappa shape index (κ1) is 14.6. The molecule has 0 radical (unpaired) electrons. The van der Waals surface area contributed by atoms with Crippen molar-refractivity contribution in [2.24, 2.45) is 0 Å². The standard InChI is InChI=1S/C17H16N2O2/c18-12-15-7-4-8-16(11-15)21-13-17(20)19-10-9-14-5-2-1-3-6-14/h1-8,11H,9-10,13H2,(H,19,20). The molecule has 0 spiro atoms. The molecule has 0 bridgehead atoms. The van der Waals surface area contributed by atoms with Crippen LogP contribution in [0.4, 0.5) is 0 Å². The highest BCUT2D eigenvalue weighted by Gasteiger charge is 2.03. The average Bonchev–Trinajstić information content (AvgIpc) is 2.54. The average molecular weight is 280 g/mol. The van der Waals surface area contributed by atoms with Gasteiger partial charge in [0.1, 0.15) is 5.75 Å². The van der Waals surface area contributed by atoms with Crippen molar-refractivity contribution in [3.8, 4) is 11.8 Å². The maximum atomic E-state index is 11.7. The van der Waals surface area contributed by atoms with Gasteiger partial charge in [-0.05, 0) is 30.2 Å². The van der Waals surface area contributed by atoms with E-state index in [1.807, 2.05) is 36.4 Å². The molecule has 1 amide bonds. The van der Waals surface area contributed by atoms with E-state index in [1.54, 1.807) is 24.3 Å². The lowest BCUT2D eigenvalue weighted by atomic mass is 10.1. The van der Waals surface area contributed by atoms with E-state index in [-0.39, 0.29) is 12.5 Å². The monoisotopic (exact) mass is 280 g/mol. The fourth-order valence-corrected chi connectivity index (χ4v) is 1.85. The molecule has 4 nitrogen and oxygen atoms in total. The van der Waals surface area contributed by atoms with Gasteiger partial charge in [0, 0.05) is 6.54 Å². The predicted molar refractivity (Wildman–Crippen MR) is 79.8 cm³/mol. The molecule has 0 unspecified atom stereocenters. The molecule has 0 aliphatic heterocycles. The lowest BCUT2D eigenvalue weighted by Crippen LogP contribution is -2.30. The molecule has 4 heteroatoms. The summed E-state index contributed by atoms with van der Waals surface area (Å²) in [4.78, 5) is 11.7. The van der Waals surface area contributed by atoms with Crippen LogP contribution in [0.5, 0.6) is 5.75 Å². The summed E-state index contributed by atoms with van der Waals surface area (Å²) in [7, 11) is 0. The smallest absolute Gasteiger partial charge is 0.257 e. The second-order valence-electron chi connectivity index (χ2n) is 4.51. The predicted octanol–water partition coefficient (Wildman–Crippen LogP) is 2.30. The zero-order chi connectivity index (χ0) is 14.9. The summed E-state index contributed by atoms with van der Waals surface area (Å²) in [5.74, 6) is 0.348. The van der Waals surface area contributed by atoms with Crippen molar-refractivity contribution < 1.29 is 9.53 Å². The van der Waals surface area contributed by atoms with E-state index >= 15 is 0 Å². The SMILES string of the molecule is N#Cc1cccc(OCC(=O)NCCc2ccccc2)c1. The number of carbonyl (C=O) groups excluding carboxylic acids is 1. The Labute approximate surface area is 124 Å². The minimum atomic E-state index is -0.173. The van der Waals surface area contributed by atoms with Gasteiger partial charge >= 0.3 is 0 Å². The fourth-order valence-electron chi connectivity index (χ4n) is 1.85. The Morgan fingerprint density at radius 3 is 2.71 bits per heavy atom. The molecule has 2 aromatic carbocycles. The van der Waals surface area contributed by atoms with Gasteiger partial charge in [-0.2, -0.15) is 5.26 Å². The normalized spacial score (nSPS) is 9.67. The van der Waals surface area contributed by atoms with Crippen LogP contribution in [0.2, 0.25) is 0 Å². The summed E-state index contributed by atoms with van der Waals surface area (Å²) in [6, 6.07) is 18.7. The second kappa shape index (κ2) is 7.71. The highest BCUT2D eigenvalue weighted by molar-refractivity contribution is 5.77. The van der Waals surface area contributed by atoms with E-state index in [1.165, 1.54) is 5.56 Å². The second-order valence-corrected chi connectivity index (χ2v) is 4.51. The molecular formula is C17H16N2O2. The van der Waals surface area contributed by atoms with Crippen LogP contribution in [0.3, 0.4) is 0 Å². The van der Waals surface area contributed by atoms with Crippen molar-refractivity contribution in [3.63, 3.8) is 0 Å². The van der Waals surface area contributed by atoms with E-state index in [2.05, 4.69) is 5.32 Å². The van der Waals surface area contributed by atoms with Gasteiger partial charge in [0.2, 0.25) is 0 Å². The van der Waals surface area contributed by atoms with Crippen LogP contribution in [0, 0.1) is 11.3 Å².